The summed E-state index contributed by atoms with van der Waals surface area (Å²) in [6.07, 6.45) is 1.01. The van der Waals surface area contributed by atoms with Crippen LogP contribution >= 0.6 is 0 Å². The molecule has 2 N–H and O–H groups in total. The molecule has 1 amide bonds. The first-order valence-corrected chi connectivity index (χ1v) is 13.4. The lowest BCUT2D eigenvalue weighted by atomic mass is 10.0. The molecule has 1 aromatic heterocycles. The Morgan fingerprint density at radius 3 is 2.22 bits per heavy atom. The molecule has 9 nitrogen and oxygen atoms in total. The van der Waals surface area contributed by atoms with E-state index in [1.165, 1.54) is 17.7 Å². The first kappa shape index (κ1) is 28.0. The molecule has 0 bridgehead atoms. The summed E-state index contributed by atoms with van der Waals surface area (Å²) in [7, 11) is -2.73. The Morgan fingerprint density at radius 1 is 1.03 bits per heavy atom. The second kappa shape index (κ2) is 10.1. The van der Waals surface area contributed by atoms with Gasteiger partial charge in [-0.1, -0.05) is 13.8 Å². The third-order valence-electron chi connectivity index (χ3n) is 5.92. The lowest BCUT2D eigenvalue weighted by Gasteiger charge is -2.34. The van der Waals surface area contributed by atoms with Gasteiger partial charge >= 0.3 is 6.09 Å². The van der Waals surface area contributed by atoms with E-state index in [0.29, 0.717) is 27.8 Å². The average molecular weight is 530 g/mol. The van der Waals surface area contributed by atoms with E-state index in [9.17, 15) is 18.0 Å². The van der Waals surface area contributed by atoms with Crippen LogP contribution in [0.5, 0.6) is 5.75 Å². The van der Waals surface area contributed by atoms with Crippen LogP contribution in [0.15, 0.2) is 47.5 Å². The monoisotopic (exact) mass is 529 g/mol. The predicted molar refractivity (Wildman–Crippen MR) is 144 cm³/mol. The van der Waals surface area contributed by atoms with Crippen molar-refractivity contribution in [1.29, 1.82) is 0 Å². The normalized spacial score (nSPS) is 13.0. The van der Waals surface area contributed by atoms with Gasteiger partial charge in [-0.25, -0.2) is 13.2 Å². The highest BCUT2D eigenvalue weighted by molar-refractivity contribution is 7.93. The number of amides is 1. The number of primary amides is 1. The molecule has 0 saturated carbocycles. The molecule has 200 valence electrons. The summed E-state index contributed by atoms with van der Waals surface area (Å²) in [4.78, 5) is 25.3. The summed E-state index contributed by atoms with van der Waals surface area (Å²) < 4.78 is 41.6. The van der Waals surface area contributed by atoms with Gasteiger partial charge in [0.2, 0.25) is 5.91 Å². The van der Waals surface area contributed by atoms with Crippen LogP contribution in [0.1, 0.15) is 45.7 Å². The molecule has 2 aromatic carbocycles. The van der Waals surface area contributed by atoms with E-state index >= 15 is 0 Å². The molecule has 0 unspecified atom stereocenters. The molecule has 0 fully saturated rings. The summed E-state index contributed by atoms with van der Waals surface area (Å²) in [5.41, 5.74) is 6.96. The van der Waals surface area contributed by atoms with Crippen molar-refractivity contribution >= 4 is 38.6 Å². The number of methoxy groups -OCH3 is 1. The maximum atomic E-state index is 14.2. The van der Waals surface area contributed by atoms with Gasteiger partial charge in [0.1, 0.15) is 17.4 Å². The number of rotatable bonds is 7. The molecule has 0 saturated heterocycles. The molecule has 1 atom stereocenters. The van der Waals surface area contributed by atoms with E-state index in [2.05, 4.69) is 0 Å². The van der Waals surface area contributed by atoms with Gasteiger partial charge in [-0.2, -0.15) is 0 Å². The zero-order chi connectivity index (χ0) is 27.9. The van der Waals surface area contributed by atoms with Gasteiger partial charge in [-0.15, -0.1) is 0 Å². The molecule has 0 radical (unpaired) electrons. The maximum Gasteiger partial charge on any atom is 0.418 e. The van der Waals surface area contributed by atoms with Gasteiger partial charge in [-0.3, -0.25) is 13.7 Å². The molecule has 0 aliphatic heterocycles. The Hall–Kier alpha value is -3.53. The Bertz CT molecular complexity index is 1450. The van der Waals surface area contributed by atoms with Gasteiger partial charge in [0.25, 0.3) is 10.0 Å². The van der Waals surface area contributed by atoms with Crippen LogP contribution in [0, 0.1) is 19.8 Å². The van der Waals surface area contributed by atoms with Gasteiger partial charge in [0.05, 0.1) is 23.2 Å². The first-order valence-electron chi connectivity index (χ1n) is 11.9. The quantitative estimate of drug-likeness (QED) is 0.471. The Kier molecular flexibility index (Phi) is 7.64. The summed E-state index contributed by atoms with van der Waals surface area (Å²) in [5, 5.41) is 0.596. The number of hydrogen-bond acceptors (Lipinski definition) is 6. The largest absolute Gasteiger partial charge is 0.496 e. The summed E-state index contributed by atoms with van der Waals surface area (Å²) in [5.74, 6) is -0.634. The summed E-state index contributed by atoms with van der Waals surface area (Å²) in [6, 6.07) is 8.53. The van der Waals surface area contributed by atoms with Crippen LogP contribution in [0.3, 0.4) is 0 Å². The fraction of sp³-hybridized carbons (Fsp3) is 0.407. The van der Waals surface area contributed by atoms with Gasteiger partial charge in [-0.05, 0) is 88.1 Å². The highest BCUT2D eigenvalue weighted by atomic mass is 32.2. The predicted octanol–water partition coefficient (Wildman–Crippen LogP) is 4.76. The number of ether oxygens (including phenoxy) is 2. The maximum absolute atomic E-state index is 14.2. The number of hydrogen-bond donors (Lipinski definition) is 1. The number of nitrogens with zero attached hydrogens (tertiary/aromatic N) is 2. The van der Waals surface area contributed by atoms with E-state index in [4.69, 9.17) is 15.2 Å². The number of sulfonamides is 1. The minimum absolute atomic E-state index is 0.0455. The van der Waals surface area contributed by atoms with Crippen molar-refractivity contribution < 1.29 is 27.5 Å². The van der Waals surface area contributed by atoms with Crippen LogP contribution in [0.4, 0.5) is 10.5 Å². The van der Waals surface area contributed by atoms with Crippen molar-refractivity contribution in [1.82, 2.24) is 4.57 Å². The van der Waals surface area contributed by atoms with Crippen LogP contribution in [0.25, 0.3) is 10.9 Å². The number of carbonyl (C=O) groups is 2. The van der Waals surface area contributed by atoms with Gasteiger partial charge < -0.3 is 15.2 Å². The van der Waals surface area contributed by atoms with Crippen molar-refractivity contribution in [2.45, 2.75) is 65.0 Å². The molecule has 0 spiro atoms. The molecule has 3 aromatic rings. The number of aryl methyl sites for hydroxylation is 2. The molecule has 37 heavy (non-hydrogen) atoms. The molecule has 3 rings (SSSR count). The van der Waals surface area contributed by atoms with Crippen LogP contribution < -0.4 is 14.8 Å². The van der Waals surface area contributed by atoms with Crippen molar-refractivity contribution in [2.75, 3.05) is 11.4 Å². The topological polar surface area (TPSA) is 121 Å². The van der Waals surface area contributed by atoms with E-state index in [0.717, 1.165) is 4.31 Å². The second-order valence-corrected chi connectivity index (χ2v) is 12.2. The molecular weight excluding hydrogens is 494 g/mol. The molecule has 0 aliphatic carbocycles. The van der Waals surface area contributed by atoms with E-state index in [-0.39, 0.29) is 10.6 Å². The van der Waals surface area contributed by atoms with Crippen molar-refractivity contribution in [2.24, 2.45) is 11.7 Å². The van der Waals surface area contributed by atoms with Crippen LogP contribution in [0.2, 0.25) is 0 Å². The Labute approximate surface area is 218 Å². The van der Waals surface area contributed by atoms with Gasteiger partial charge in [0.15, 0.2) is 0 Å². The second-order valence-electron chi connectivity index (χ2n) is 10.4. The number of benzene rings is 2. The van der Waals surface area contributed by atoms with E-state index in [1.54, 1.807) is 85.0 Å². The number of carbonyl (C=O) groups excluding carboxylic acids is 2. The number of fused-ring (bicyclic) bond motifs is 1. The lowest BCUT2D eigenvalue weighted by Crippen LogP contribution is -2.51. The van der Waals surface area contributed by atoms with Crippen LogP contribution in [-0.2, 0) is 19.6 Å². The highest BCUT2D eigenvalue weighted by Gasteiger charge is 2.38. The smallest absolute Gasteiger partial charge is 0.418 e. The third kappa shape index (κ3) is 5.58. The fourth-order valence-electron chi connectivity index (χ4n) is 4.27. The lowest BCUT2D eigenvalue weighted by molar-refractivity contribution is -0.119. The number of nitrogens with two attached hydrogens (primary N) is 1. The first-order chi connectivity index (χ1) is 17.1. The van der Waals surface area contributed by atoms with Crippen LogP contribution in [-0.4, -0.2) is 43.7 Å². The minimum atomic E-state index is -4.25. The van der Waals surface area contributed by atoms with E-state index < -0.39 is 39.6 Å². The zero-order valence-electron chi connectivity index (χ0n) is 22.5. The third-order valence-corrected chi connectivity index (χ3v) is 7.87. The SMILES string of the molecule is COc1cc(C)c(S(=O)(=O)N(c2ccc3c(ccn3C(=O)OC(C)(C)C)c2)[C@@H](C(N)=O)C(C)C)cc1C. The fourth-order valence-corrected chi connectivity index (χ4v) is 6.31. The molecule has 1 heterocycles. The Morgan fingerprint density at radius 2 is 1.68 bits per heavy atom. The van der Waals surface area contributed by atoms with Gasteiger partial charge in [0, 0.05) is 11.6 Å². The molecule has 10 heteroatoms. The average Bonchev–Trinajstić information content (AvgIpc) is 3.20. The Balaban J connectivity index is 2.22. The minimum Gasteiger partial charge on any atom is -0.496 e. The van der Waals surface area contributed by atoms with Crippen molar-refractivity contribution in [3.05, 3.63) is 53.7 Å². The molecule has 0 aliphatic rings. The highest BCUT2D eigenvalue weighted by Crippen LogP contribution is 2.35. The molecular formula is C27H35N3O6S. The standard InChI is InChI=1S/C27H35N3O6S/c1-16(2)24(25(28)31)30(37(33,34)23-14-17(3)22(35-8)13-18(23)4)20-9-10-21-19(15-20)11-12-29(21)26(32)36-27(5,6)7/h9-16,24H,1-8H3,(H2,28,31)/t24-/m1/s1. The summed E-state index contributed by atoms with van der Waals surface area (Å²) in [6.45, 7) is 12.2. The van der Waals surface area contributed by atoms with Crippen molar-refractivity contribution in [3.8, 4) is 5.75 Å². The number of aromatic nitrogens is 1. The van der Waals surface area contributed by atoms with E-state index in [1.807, 2.05) is 0 Å². The number of anilines is 1. The zero-order valence-corrected chi connectivity index (χ0v) is 23.3. The summed E-state index contributed by atoms with van der Waals surface area (Å²) >= 11 is 0. The van der Waals surface area contributed by atoms with Crippen molar-refractivity contribution in [3.63, 3.8) is 0 Å².